The van der Waals surface area contributed by atoms with Gasteiger partial charge in [0.25, 0.3) is 12.0 Å². The molecular formula is C26H29F3N3O9PS. The lowest BCUT2D eigenvalue weighted by molar-refractivity contribution is -0.192. The second kappa shape index (κ2) is 12.9. The van der Waals surface area contributed by atoms with Crippen LogP contribution in [0.5, 0.6) is 5.75 Å². The summed E-state index contributed by atoms with van der Waals surface area (Å²) in [7, 11) is 0. The number of aliphatic hydroxyl groups is 2. The SMILES string of the molecule is CC(C)OC(=O)[C@H](C)NP(=S)(OC[C@@]1(C(F)F)O[C@@H](n2cc(F)c(=O)[nH]c2=O)[C@H](O)[C@H]1O)Oc1cccc2ccccc12. The Hall–Kier alpha value is -3.11. The number of rotatable bonds is 11. The van der Waals surface area contributed by atoms with Crippen LogP contribution in [0.25, 0.3) is 10.8 Å². The van der Waals surface area contributed by atoms with Crippen LogP contribution in [0.15, 0.2) is 58.3 Å². The van der Waals surface area contributed by atoms with Gasteiger partial charge in [-0.25, -0.2) is 18.7 Å². The van der Waals surface area contributed by atoms with E-state index in [1.54, 1.807) is 61.3 Å². The van der Waals surface area contributed by atoms with Gasteiger partial charge in [0.05, 0.1) is 18.9 Å². The number of ether oxygens (including phenoxy) is 2. The molecule has 4 N–H and O–H groups in total. The summed E-state index contributed by atoms with van der Waals surface area (Å²) in [4.78, 5) is 37.9. The van der Waals surface area contributed by atoms with Gasteiger partial charge < -0.3 is 28.7 Å². The van der Waals surface area contributed by atoms with Crippen molar-refractivity contribution in [3.05, 3.63) is 75.3 Å². The van der Waals surface area contributed by atoms with Crippen LogP contribution in [-0.2, 0) is 30.6 Å². The smallest absolute Gasteiger partial charge is 0.330 e. The van der Waals surface area contributed by atoms with E-state index in [1.165, 1.54) is 6.92 Å². The number of aromatic nitrogens is 2. The molecule has 1 unspecified atom stereocenters. The average Bonchev–Trinajstić information content (AvgIpc) is 3.20. The molecule has 6 atom stereocenters. The van der Waals surface area contributed by atoms with Gasteiger partial charge in [0.15, 0.2) is 11.8 Å². The van der Waals surface area contributed by atoms with Crippen molar-refractivity contribution in [3.8, 4) is 5.75 Å². The fourth-order valence-corrected chi connectivity index (χ4v) is 6.77. The second-order valence-electron chi connectivity index (χ2n) is 10.0. The first-order valence-electron chi connectivity index (χ1n) is 12.9. The number of nitrogens with one attached hydrogen (secondary N) is 2. The first-order valence-corrected chi connectivity index (χ1v) is 15.5. The standard InChI is InChI=1S/C26H29F3N3O9PS/c1-13(2)39-23(36)14(3)31-42(43,41-18-10-6-8-15-7-4-5-9-16(15)18)38-12-26(24(28)29)20(34)19(33)22(40-26)32-11-17(27)21(35)30-25(32)37/h4-11,13-14,19-20,22,24,33-34H,12H2,1-3H3,(H,31,43)(H,30,35,37)/t14-,19+,20+,22+,26+,42?/m0/s1. The summed E-state index contributed by atoms with van der Waals surface area (Å²) in [5.41, 5.74) is -5.71. The minimum Gasteiger partial charge on any atom is -0.462 e. The van der Waals surface area contributed by atoms with Crippen LogP contribution in [-0.4, -0.2) is 68.7 Å². The molecule has 2 aromatic carbocycles. The molecule has 43 heavy (non-hydrogen) atoms. The number of carbonyl (C=O) groups is 1. The quantitative estimate of drug-likeness (QED) is 0.179. The minimum atomic E-state index is -4.00. The number of alkyl halides is 2. The Morgan fingerprint density at radius 2 is 1.86 bits per heavy atom. The number of halogens is 3. The maximum atomic E-state index is 14.6. The number of benzene rings is 2. The van der Waals surface area contributed by atoms with Gasteiger partial charge in [0, 0.05) is 5.39 Å². The van der Waals surface area contributed by atoms with Crippen molar-refractivity contribution in [2.45, 2.75) is 63.4 Å². The Bertz CT molecular complexity index is 1650. The van der Waals surface area contributed by atoms with Crippen LogP contribution in [0.4, 0.5) is 13.2 Å². The predicted molar refractivity (Wildman–Crippen MR) is 151 cm³/mol. The minimum absolute atomic E-state index is 0.186. The van der Waals surface area contributed by atoms with Gasteiger partial charge in [-0.2, -0.15) is 4.39 Å². The molecule has 0 amide bonds. The zero-order chi connectivity index (χ0) is 31.7. The molecule has 2 heterocycles. The van der Waals surface area contributed by atoms with Crippen molar-refractivity contribution in [2.75, 3.05) is 6.61 Å². The molecule has 1 aromatic heterocycles. The van der Waals surface area contributed by atoms with Crippen molar-refractivity contribution in [3.63, 3.8) is 0 Å². The third-order valence-electron chi connectivity index (χ3n) is 6.51. The first-order chi connectivity index (χ1) is 20.2. The number of carbonyl (C=O) groups excluding carboxylic acids is 1. The number of aromatic amines is 1. The zero-order valence-electron chi connectivity index (χ0n) is 23.0. The summed E-state index contributed by atoms with van der Waals surface area (Å²) in [6, 6.07) is 10.9. The summed E-state index contributed by atoms with van der Waals surface area (Å²) < 4.78 is 65.8. The van der Waals surface area contributed by atoms with E-state index in [1.807, 2.05) is 0 Å². The molecule has 1 aliphatic heterocycles. The number of hydrogen-bond donors (Lipinski definition) is 4. The average molecular weight is 648 g/mol. The van der Waals surface area contributed by atoms with Gasteiger partial charge in [-0.05, 0) is 44.0 Å². The lowest BCUT2D eigenvalue weighted by Crippen LogP contribution is -2.53. The van der Waals surface area contributed by atoms with Crippen molar-refractivity contribution in [2.24, 2.45) is 0 Å². The fraction of sp³-hybridized carbons (Fsp3) is 0.423. The lowest BCUT2D eigenvalue weighted by atomic mass is 9.96. The third-order valence-corrected chi connectivity index (χ3v) is 8.98. The molecular weight excluding hydrogens is 618 g/mol. The van der Waals surface area contributed by atoms with Crippen LogP contribution < -0.4 is 20.9 Å². The highest BCUT2D eigenvalue weighted by molar-refractivity contribution is 8.09. The number of fused-ring (bicyclic) bond motifs is 1. The first kappa shape index (κ1) is 32.8. The summed E-state index contributed by atoms with van der Waals surface area (Å²) >= 11 is 5.63. The van der Waals surface area contributed by atoms with E-state index < -0.39 is 78.9 Å². The van der Waals surface area contributed by atoms with E-state index >= 15 is 0 Å². The number of nitrogens with zero attached hydrogens (tertiary/aromatic N) is 1. The molecule has 0 saturated carbocycles. The van der Waals surface area contributed by atoms with E-state index in [9.17, 15) is 37.8 Å². The largest absolute Gasteiger partial charge is 0.462 e. The molecule has 0 radical (unpaired) electrons. The zero-order valence-corrected chi connectivity index (χ0v) is 24.7. The number of H-pyrrole nitrogens is 1. The highest BCUT2D eigenvalue weighted by Crippen LogP contribution is 2.50. The molecule has 4 rings (SSSR count). The second-order valence-corrected chi connectivity index (χ2v) is 13.2. The van der Waals surface area contributed by atoms with Crippen LogP contribution in [0.3, 0.4) is 0 Å². The Kier molecular flexibility index (Phi) is 9.81. The summed E-state index contributed by atoms with van der Waals surface area (Å²) in [5.74, 6) is -2.03. The molecule has 234 valence electrons. The van der Waals surface area contributed by atoms with Crippen LogP contribution in [0, 0.1) is 5.82 Å². The summed E-state index contributed by atoms with van der Waals surface area (Å²) in [6.45, 7) is -0.583. The molecule has 0 bridgehead atoms. The topological polar surface area (TPSA) is 161 Å². The molecule has 1 saturated heterocycles. The molecule has 17 heteroatoms. The van der Waals surface area contributed by atoms with Crippen molar-refractivity contribution in [1.29, 1.82) is 0 Å². The van der Waals surface area contributed by atoms with E-state index in [0.29, 0.717) is 16.2 Å². The normalized spacial score (nSPS) is 24.3. The number of esters is 1. The van der Waals surface area contributed by atoms with Gasteiger partial charge in [-0.15, -0.1) is 0 Å². The van der Waals surface area contributed by atoms with E-state index in [2.05, 4.69) is 5.09 Å². The fourth-order valence-electron chi connectivity index (χ4n) is 4.35. The monoisotopic (exact) mass is 647 g/mol. The molecule has 1 aliphatic rings. The third kappa shape index (κ3) is 6.85. The van der Waals surface area contributed by atoms with Gasteiger partial charge in [-0.3, -0.25) is 19.1 Å². The highest BCUT2D eigenvalue weighted by atomic mass is 32.5. The van der Waals surface area contributed by atoms with Crippen LogP contribution >= 0.6 is 6.64 Å². The van der Waals surface area contributed by atoms with Gasteiger partial charge >= 0.3 is 18.3 Å². The molecule has 12 nitrogen and oxygen atoms in total. The maximum absolute atomic E-state index is 14.6. The Labute approximate surface area is 247 Å². The van der Waals surface area contributed by atoms with Gasteiger partial charge in [0.1, 0.15) is 24.0 Å². The summed E-state index contributed by atoms with van der Waals surface area (Å²) in [5, 5.41) is 25.4. The maximum Gasteiger partial charge on any atom is 0.330 e. The van der Waals surface area contributed by atoms with Crippen LogP contribution in [0.1, 0.15) is 27.0 Å². The van der Waals surface area contributed by atoms with Crippen molar-refractivity contribution < 1.29 is 46.7 Å². The Morgan fingerprint density at radius 3 is 2.53 bits per heavy atom. The van der Waals surface area contributed by atoms with Crippen LogP contribution in [0.2, 0.25) is 0 Å². The number of aliphatic hydroxyl groups excluding tert-OH is 2. The Balaban J connectivity index is 1.69. The lowest BCUT2D eigenvalue weighted by Gasteiger charge is -2.34. The van der Waals surface area contributed by atoms with Gasteiger partial charge in [0.2, 0.25) is 5.82 Å². The van der Waals surface area contributed by atoms with Gasteiger partial charge in [-0.1, -0.05) is 36.4 Å². The molecule has 0 aliphatic carbocycles. The van der Waals surface area contributed by atoms with Crippen molar-refractivity contribution >= 4 is 35.2 Å². The van der Waals surface area contributed by atoms with E-state index in [0.717, 1.165) is 5.39 Å². The Morgan fingerprint density at radius 1 is 1.19 bits per heavy atom. The van der Waals surface area contributed by atoms with E-state index in [-0.39, 0.29) is 5.75 Å². The van der Waals surface area contributed by atoms with E-state index in [4.69, 9.17) is 30.3 Å². The molecule has 0 spiro atoms. The number of hydrogen-bond acceptors (Lipinski definition) is 10. The van der Waals surface area contributed by atoms with Crippen molar-refractivity contribution in [1.82, 2.24) is 14.6 Å². The predicted octanol–water partition coefficient (Wildman–Crippen LogP) is 2.33. The summed E-state index contributed by atoms with van der Waals surface area (Å²) in [6.07, 6.45) is -10.4. The molecule has 1 fully saturated rings. The molecule has 3 aromatic rings. The highest BCUT2D eigenvalue weighted by Gasteiger charge is 2.61.